The van der Waals surface area contributed by atoms with Crippen LogP contribution in [0, 0.1) is 6.92 Å². The summed E-state index contributed by atoms with van der Waals surface area (Å²) in [5.41, 5.74) is 2.61. The standard InChI is InChI=1S/C28H24N2O6S/c1-15-10-11-18-21(12-15)37-28(29-18)30-23(17-13-19(34-2)26(36-4)20(14-17)35-3)22(25(32)27(30)33)24(31)16-8-6-5-7-9-16/h5-14,23,31H,1-4H3/b24-22+. The van der Waals surface area contributed by atoms with E-state index in [0.29, 0.717) is 39.0 Å². The summed E-state index contributed by atoms with van der Waals surface area (Å²) in [6.07, 6.45) is 0. The maximum absolute atomic E-state index is 13.5. The Kier molecular flexibility index (Phi) is 6.31. The molecule has 0 radical (unpaired) electrons. The number of hydrogen-bond acceptors (Lipinski definition) is 8. The van der Waals surface area contributed by atoms with Crippen molar-refractivity contribution in [1.29, 1.82) is 0 Å². The number of thiazole rings is 1. The first-order chi connectivity index (χ1) is 17.9. The molecule has 8 nitrogen and oxygen atoms in total. The third-order valence-corrected chi connectivity index (χ3v) is 7.25. The van der Waals surface area contributed by atoms with Crippen LogP contribution in [0.1, 0.15) is 22.7 Å². The summed E-state index contributed by atoms with van der Waals surface area (Å²) < 4.78 is 17.4. The van der Waals surface area contributed by atoms with Crippen molar-refractivity contribution in [3.63, 3.8) is 0 Å². The smallest absolute Gasteiger partial charge is 0.301 e. The molecular formula is C28H24N2O6S. The van der Waals surface area contributed by atoms with Gasteiger partial charge in [0.25, 0.3) is 5.78 Å². The second-order valence-corrected chi connectivity index (χ2v) is 9.47. The van der Waals surface area contributed by atoms with Crippen LogP contribution in [0.15, 0.2) is 66.2 Å². The number of ether oxygens (including phenoxy) is 3. The molecule has 1 N–H and O–H groups in total. The highest BCUT2D eigenvalue weighted by atomic mass is 32.1. The molecule has 1 aliphatic rings. The molecule has 1 unspecified atom stereocenters. The molecule has 1 saturated heterocycles. The number of aliphatic hydroxyl groups is 1. The number of benzene rings is 3. The van der Waals surface area contributed by atoms with Crippen LogP contribution >= 0.6 is 11.3 Å². The zero-order chi connectivity index (χ0) is 26.3. The van der Waals surface area contributed by atoms with Crippen molar-refractivity contribution < 1.29 is 28.9 Å². The number of aryl methyl sites for hydroxylation is 1. The monoisotopic (exact) mass is 516 g/mol. The number of nitrogens with zero attached hydrogens (tertiary/aromatic N) is 2. The van der Waals surface area contributed by atoms with Gasteiger partial charge in [0.1, 0.15) is 5.76 Å². The number of carbonyl (C=O) groups excluding carboxylic acids is 2. The number of methoxy groups -OCH3 is 3. The van der Waals surface area contributed by atoms with Gasteiger partial charge in [-0.15, -0.1) is 0 Å². The first-order valence-corrected chi connectivity index (χ1v) is 12.2. The zero-order valence-corrected chi connectivity index (χ0v) is 21.5. The van der Waals surface area contributed by atoms with Gasteiger partial charge in [-0.25, -0.2) is 4.98 Å². The number of aromatic nitrogens is 1. The van der Waals surface area contributed by atoms with Crippen molar-refractivity contribution in [2.24, 2.45) is 0 Å². The average molecular weight is 517 g/mol. The minimum atomic E-state index is -0.990. The molecule has 2 heterocycles. The number of amides is 1. The van der Waals surface area contributed by atoms with Crippen molar-refractivity contribution in [2.45, 2.75) is 13.0 Å². The molecule has 1 aliphatic heterocycles. The van der Waals surface area contributed by atoms with Gasteiger partial charge in [-0.2, -0.15) is 0 Å². The van der Waals surface area contributed by atoms with E-state index in [9.17, 15) is 14.7 Å². The highest BCUT2D eigenvalue weighted by molar-refractivity contribution is 7.22. The Morgan fingerprint density at radius 3 is 2.24 bits per heavy atom. The molecular weight excluding hydrogens is 492 g/mol. The molecule has 0 saturated carbocycles. The van der Waals surface area contributed by atoms with E-state index in [2.05, 4.69) is 4.98 Å². The van der Waals surface area contributed by atoms with Crippen molar-refractivity contribution in [2.75, 3.05) is 26.2 Å². The third kappa shape index (κ3) is 4.07. The summed E-state index contributed by atoms with van der Waals surface area (Å²) in [4.78, 5) is 33.0. The molecule has 0 bridgehead atoms. The molecule has 0 aliphatic carbocycles. The molecule has 5 rings (SSSR count). The third-order valence-electron chi connectivity index (χ3n) is 6.23. The van der Waals surface area contributed by atoms with Crippen LogP contribution in [-0.2, 0) is 9.59 Å². The van der Waals surface area contributed by atoms with Crippen LogP contribution in [0.4, 0.5) is 5.13 Å². The van der Waals surface area contributed by atoms with E-state index in [-0.39, 0.29) is 11.3 Å². The lowest BCUT2D eigenvalue weighted by molar-refractivity contribution is -0.132. The van der Waals surface area contributed by atoms with Gasteiger partial charge < -0.3 is 19.3 Å². The van der Waals surface area contributed by atoms with Gasteiger partial charge in [0.15, 0.2) is 16.6 Å². The number of anilines is 1. The van der Waals surface area contributed by atoms with Gasteiger partial charge in [0, 0.05) is 5.56 Å². The average Bonchev–Trinajstić information content (AvgIpc) is 3.45. The lowest BCUT2D eigenvalue weighted by atomic mass is 9.95. The number of fused-ring (bicyclic) bond motifs is 1. The first kappa shape index (κ1) is 24.3. The molecule has 1 atom stereocenters. The molecule has 0 spiro atoms. The predicted molar refractivity (Wildman–Crippen MR) is 142 cm³/mol. The molecule has 3 aromatic carbocycles. The largest absolute Gasteiger partial charge is 0.507 e. The normalized spacial score (nSPS) is 16.9. The molecule has 4 aromatic rings. The molecule has 9 heteroatoms. The number of Topliss-reactive ketones (excluding diaryl/α,β-unsaturated/α-hetero) is 1. The fourth-order valence-corrected chi connectivity index (χ4v) is 5.57. The topological polar surface area (TPSA) is 98.2 Å². The maximum atomic E-state index is 13.5. The van der Waals surface area contributed by atoms with Crippen molar-refractivity contribution in [1.82, 2.24) is 4.98 Å². The highest BCUT2D eigenvalue weighted by Crippen LogP contribution is 2.48. The lowest BCUT2D eigenvalue weighted by Gasteiger charge is -2.24. The quantitative estimate of drug-likeness (QED) is 0.212. The Morgan fingerprint density at radius 1 is 0.946 bits per heavy atom. The van der Waals surface area contributed by atoms with Gasteiger partial charge in [-0.05, 0) is 42.3 Å². The van der Waals surface area contributed by atoms with Crippen molar-refractivity contribution in [3.05, 3.63) is 82.9 Å². The second-order valence-electron chi connectivity index (χ2n) is 8.46. The zero-order valence-electron chi connectivity index (χ0n) is 20.6. The van der Waals surface area contributed by atoms with E-state index < -0.39 is 17.7 Å². The maximum Gasteiger partial charge on any atom is 0.301 e. The van der Waals surface area contributed by atoms with Crippen LogP contribution in [-0.4, -0.2) is 43.1 Å². The fourth-order valence-electron chi connectivity index (χ4n) is 4.48. The van der Waals surface area contributed by atoms with Gasteiger partial charge in [-0.1, -0.05) is 47.7 Å². The van der Waals surface area contributed by atoms with E-state index in [0.717, 1.165) is 10.3 Å². The van der Waals surface area contributed by atoms with Gasteiger partial charge >= 0.3 is 5.91 Å². The van der Waals surface area contributed by atoms with E-state index in [1.807, 2.05) is 25.1 Å². The predicted octanol–water partition coefficient (Wildman–Crippen LogP) is 5.26. The number of ketones is 1. The summed E-state index contributed by atoms with van der Waals surface area (Å²) in [6, 6.07) is 16.8. The number of hydrogen-bond donors (Lipinski definition) is 1. The van der Waals surface area contributed by atoms with Crippen LogP contribution in [0.25, 0.3) is 16.0 Å². The Bertz CT molecular complexity index is 1530. The van der Waals surface area contributed by atoms with E-state index in [4.69, 9.17) is 14.2 Å². The van der Waals surface area contributed by atoms with Crippen LogP contribution < -0.4 is 19.1 Å². The number of carbonyl (C=O) groups is 2. The van der Waals surface area contributed by atoms with Crippen molar-refractivity contribution in [3.8, 4) is 17.2 Å². The first-order valence-electron chi connectivity index (χ1n) is 11.4. The van der Waals surface area contributed by atoms with Gasteiger partial charge in [0.2, 0.25) is 5.75 Å². The van der Waals surface area contributed by atoms with Crippen LogP contribution in [0.2, 0.25) is 0 Å². The summed E-state index contributed by atoms with van der Waals surface area (Å²) in [7, 11) is 4.46. The Labute approximate surface area is 217 Å². The summed E-state index contributed by atoms with van der Waals surface area (Å²) in [5.74, 6) is -0.812. The number of rotatable bonds is 6. The van der Waals surface area contributed by atoms with Gasteiger partial charge in [0.05, 0.1) is 43.2 Å². The molecule has 188 valence electrons. The highest BCUT2D eigenvalue weighted by Gasteiger charge is 2.48. The Balaban J connectivity index is 1.79. The van der Waals surface area contributed by atoms with E-state index in [1.54, 1.807) is 42.5 Å². The minimum Gasteiger partial charge on any atom is -0.507 e. The second kappa shape index (κ2) is 9.59. The van der Waals surface area contributed by atoms with Crippen molar-refractivity contribution >= 4 is 44.1 Å². The number of aliphatic hydroxyl groups excluding tert-OH is 1. The molecule has 1 amide bonds. The van der Waals surface area contributed by atoms with Crippen LogP contribution in [0.3, 0.4) is 0 Å². The summed E-state index contributed by atoms with van der Waals surface area (Å²) in [6.45, 7) is 1.97. The van der Waals surface area contributed by atoms with Gasteiger partial charge in [-0.3, -0.25) is 14.5 Å². The minimum absolute atomic E-state index is 0.0547. The summed E-state index contributed by atoms with van der Waals surface area (Å²) in [5, 5.41) is 11.7. The lowest BCUT2D eigenvalue weighted by Crippen LogP contribution is -2.29. The van der Waals surface area contributed by atoms with E-state index >= 15 is 0 Å². The SMILES string of the molecule is COc1cc(C2/C(=C(\O)c3ccccc3)C(=O)C(=O)N2c2nc3ccc(C)cc3s2)cc(OC)c1OC. The fraction of sp³-hybridized carbons (Fsp3) is 0.179. The van der Waals surface area contributed by atoms with E-state index in [1.165, 1.54) is 37.6 Å². The molecule has 37 heavy (non-hydrogen) atoms. The molecule has 1 aromatic heterocycles. The Morgan fingerprint density at radius 2 is 1.62 bits per heavy atom. The summed E-state index contributed by atoms with van der Waals surface area (Å²) >= 11 is 1.30. The van der Waals surface area contributed by atoms with Crippen LogP contribution in [0.5, 0.6) is 17.2 Å². The molecule has 1 fully saturated rings. The Hall–Kier alpha value is -4.37.